The van der Waals surface area contributed by atoms with Gasteiger partial charge in [-0.3, -0.25) is 4.90 Å². The first-order valence-electron chi connectivity index (χ1n) is 7.38. The van der Waals surface area contributed by atoms with Crippen LogP contribution in [-0.2, 0) is 4.74 Å². The first kappa shape index (κ1) is 15.8. The van der Waals surface area contributed by atoms with Gasteiger partial charge in [-0.25, -0.2) is 0 Å². The minimum atomic E-state index is -0.127. The molecule has 2 atom stereocenters. The summed E-state index contributed by atoms with van der Waals surface area (Å²) in [6, 6.07) is 7.64. The molecule has 2 unspecified atom stereocenters. The van der Waals surface area contributed by atoms with Gasteiger partial charge >= 0.3 is 0 Å². The number of aliphatic hydroxyl groups is 1. The Kier molecular flexibility index (Phi) is 6.06. The fourth-order valence-electron chi connectivity index (χ4n) is 2.56. The summed E-state index contributed by atoms with van der Waals surface area (Å²) in [7, 11) is 0. The van der Waals surface area contributed by atoms with Gasteiger partial charge in [0.05, 0.1) is 12.2 Å². The van der Waals surface area contributed by atoms with E-state index in [0.717, 1.165) is 30.9 Å². The minimum Gasteiger partial charge on any atom is -0.492 e. The second-order valence-corrected chi connectivity index (χ2v) is 5.35. The maximum absolute atomic E-state index is 8.70. The van der Waals surface area contributed by atoms with Crippen molar-refractivity contribution < 1.29 is 14.6 Å². The van der Waals surface area contributed by atoms with Gasteiger partial charge in [-0.15, -0.1) is 0 Å². The first-order valence-corrected chi connectivity index (χ1v) is 7.38. The minimum absolute atomic E-state index is 0.127. The number of ether oxygens (including phenoxy) is 2. The van der Waals surface area contributed by atoms with Crippen molar-refractivity contribution in [3.05, 3.63) is 29.8 Å². The van der Waals surface area contributed by atoms with Gasteiger partial charge in [0.1, 0.15) is 19.0 Å². The highest BCUT2D eigenvalue weighted by Gasteiger charge is 2.21. The quantitative estimate of drug-likeness (QED) is 0.853. The fourth-order valence-corrected chi connectivity index (χ4v) is 2.56. The van der Waals surface area contributed by atoms with Crippen LogP contribution in [0.4, 0.5) is 0 Å². The van der Waals surface area contributed by atoms with Crippen molar-refractivity contribution >= 4 is 0 Å². The standard InChI is InChI=1S/C17H23NO3/c1-14-12-18(13-15(2)21-14)8-10-20-17-7-3-5-16(11-17)6-4-9-19/h3,5,7,11,14-15,19H,8-10,12-13H2,1-2H3. The number of hydrogen-bond acceptors (Lipinski definition) is 4. The molecule has 0 spiro atoms. The lowest BCUT2D eigenvalue weighted by molar-refractivity contribution is -0.0699. The Morgan fingerprint density at radius 2 is 2.10 bits per heavy atom. The first-order chi connectivity index (χ1) is 10.2. The van der Waals surface area contributed by atoms with Gasteiger partial charge in [-0.1, -0.05) is 17.9 Å². The van der Waals surface area contributed by atoms with Crippen molar-refractivity contribution in [1.82, 2.24) is 4.90 Å². The van der Waals surface area contributed by atoms with Crippen LogP contribution >= 0.6 is 0 Å². The van der Waals surface area contributed by atoms with E-state index in [2.05, 4.69) is 30.6 Å². The Balaban J connectivity index is 1.80. The lowest BCUT2D eigenvalue weighted by Gasteiger charge is -2.35. The van der Waals surface area contributed by atoms with Gasteiger partial charge < -0.3 is 14.6 Å². The Morgan fingerprint density at radius 1 is 1.33 bits per heavy atom. The van der Waals surface area contributed by atoms with Crippen LogP contribution in [0.1, 0.15) is 19.4 Å². The molecule has 1 aromatic rings. The monoisotopic (exact) mass is 289 g/mol. The van der Waals surface area contributed by atoms with E-state index < -0.39 is 0 Å². The largest absolute Gasteiger partial charge is 0.492 e. The molecular formula is C17H23NO3. The van der Waals surface area contributed by atoms with E-state index in [0.29, 0.717) is 6.61 Å². The molecule has 1 heterocycles. The van der Waals surface area contributed by atoms with Crippen LogP contribution in [-0.4, -0.2) is 55.1 Å². The molecule has 0 amide bonds. The predicted octanol–water partition coefficient (Wildman–Crippen LogP) is 1.52. The molecule has 2 rings (SSSR count). The average molecular weight is 289 g/mol. The third-order valence-corrected chi connectivity index (χ3v) is 3.32. The van der Waals surface area contributed by atoms with E-state index in [-0.39, 0.29) is 18.8 Å². The molecule has 1 aliphatic heterocycles. The summed E-state index contributed by atoms with van der Waals surface area (Å²) in [5.41, 5.74) is 0.857. The summed E-state index contributed by atoms with van der Waals surface area (Å²) in [6.07, 6.45) is 0.566. The van der Waals surface area contributed by atoms with Crippen LogP contribution in [0.15, 0.2) is 24.3 Å². The molecule has 1 fully saturated rings. The molecule has 1 aliphatic rings. The molecule has 0 bridgehead atoms. The zero-order chi connectivity index (χ0) is 15.1. The summed E-state index contributed by atoms with van der Waals surface area (Å²) in [4.78, 5) is 2.37. The zero-order valence-electron chi connectivity index (χ0n) is 12.7. The average Bonchev–Trinajstić information content (AvgIpc) is 2.44. The van der Waals surface area contributed by atoms with Crippen LogP contribution in [0.2, 0.25) is 0 Å². The SMILES string of the molecule is CC1CN(CCOc2cccc(C#CCO)c2)CC(C)O1. The van der Waals surface area contributed by atoms with Gasteiger partial charge in [0.2, 0.25) is 0 Å². The number of rotatable bonds is 4. The van der Waals surface area contributed by atoms with Crippen molar-refractivity contribution in [2.75, 3.05) is 32.8 Å². The lowest BCUT2D eigenvalue weighted by Crippen LogP contribution is -2.46. The number of nitrogens with zero attached hydrogens (tertiary/aromatic N) is 1. The second-order valence-electron chi connectivity index (χ2n) is 5.35. The molecule has 1 N–H and O–H groups in total. The third kappa shape index (κ3) is 5.39. The predicted molar refractivity (Wildman–Crippen MR) is 82.3 cm³/mol. The van der Waals surface area contributed by atoms with E-state index in [1.54, 1.807) is 0 Å². The maximum atomic E-state index is 8.70. The lowest BCUT2D eigenvalue weighted by atomic mass is 10.2. The van der Waals surface area contributed by atoms with Crippen LogP contribution in [0, 0.1) is 11.8 Å². The van der Waals surface area contributed by atoms with Gasteiger partial charge in [0.25, 0.3) is 0 Å². The van der Waals surface area contributed by atoms with Gasteiger partial charge in [0, 0.05) is 25.2 Å². The summed E-state index contributed by atoms with van der Waals surface area (Å²) >= 11 is 0. The van der Waals surface area contributed by atoms with E-state index >= 15 is 0 Å². The Labute approximate surface area is 126 Å². The molecule has 0 radical (unpaired) electrons. The van der Waals surface area contributed by atoms with Crippen LogP contribution in [0.5, 0.6) is 5.75 Å². The van der Waals surface area contributed by atoms with Gasteiger partial charge in [-0.05, 0) is 32.0 Å². The highest BCUT2D eigenvalue weighted by Crippen LogP contribution is 2.14. The zero-order valence-corrected chi connectivity index (χ0v) is 12.7. The molecule has 114 valence electrons. The molecule has 4 heteroatoms. The van der Waals surface area contributed by atoms with Gasteiger partial charge in [-0.2, -0.15) is 0 Å². The summed E-state index contributed by atoms with van der Waals surface area (Å²) < 4.78 is 11.5. The highest BCUT2D eigenvalue weighted by molar-refractivity contribution is 5.39. The molecule has 0 aliphatic carbocycles. The number of hydrogen-bond donors (Lipinski definition) is 1. The van der Waals surface area contributed by atoms with Crippen LogP contribution in [0.25, 0.3) is 0 Å². The number of benzene rings is 1. The maximum Gasteiger partial charge on any atom is 0.120 e. The van der Waals surface area contributed by atoms with E-state index in [4.69, 9.17) is 14.6 Å². The van der Waals surface area contributed by atoms with Crippen LogP contribution in [0.3, 0.4) is 0 Å². The third-order valence-electron chi connectivity index (χ3n) is 3.32. The molecule has 21 heavy (non-hydrogen) atoms. The van der Waals surface area contributed by atoms with Crippen molar-refractivity contribution in [3.8, 4) is 17.6 Å². The second kappa shape index (κ2) is 8.04. The molecule has 1 aromatic carbocycles. The normalized spacial score (nSPS) is 22.4. The smallest absolute Gasteiger partial charge is 0.120 e. The van der Waals surface area contributed by atoms with Crippen molar-refractivity contribution in [3.63, 3.8) is 0 Å². The van der Waals surface area contributed by atoms with Crippen molar-refractivity contribution in [2.24, 2.45) is 0 Å². The van der Waals surface area contributed by atoms with Crippen LogP contribution < -0.4 is 4.74 Å². The highest BCUT2D eigenvalue weighted by atomic mass is 16.5. The Bertz CT molecular complexity index is 496. The molecule has 4 nitrogen and oxygen atoms in total. The topological polar surface area (TPSA) is 41.9 Å². The molecular weight excluding hydrogens is 266 g/mol. The Hall–Kier alpha value is -1.54. The van der Waals surface area contributed by atoms with Crippen molar-refractivity contribution in [2.45, 2.75) is 26.1 Å². The molecule has 0 aromatic heterocycles. The van der Waals surface area contributed by atoms with Crippen molar-refractivity contribution in [1.29, 1.82) is 0 Å². The van der Waals surface area contributed by atoms with E-state index in [1.807, 2.05) is 24.3 Å². The summed E-state index contributed by atoms with van der Waals surface area (Å²) in [5, 5.41) is 8.70. The van der Waals surface area contributed by atoms with Gasteiger partial charge in [0.15, 0.2) is 0 Å². The Morgan fingerprint density at radius 3 is 2.81 bits per heavy atom. The number of morpholine rings is 1. The molecule has 0 saturated carbocycles. The molecule has 1 saturated heterocycles. The summed E-state index contributed by atoms with van der Waals surface area (Å²) in [5.74, 6) is 6.33. The summed E-state index contributed by atoms with van der Waals surface area (Å²) in [6.45, 7) is 7.53. The van der Waals surface area contributed by atoms with E-state index in [9.17, 15) is 0 Å². The van der Waals surface area contributed by atoms with E-state index in [1.165, 1.54) is 0 Å². The fraction of sp³-hybridized carbons (Fsp3) is 0.529. The number of aliphatic hydroxyl groups excluding tert-OH is 1.